The first-order valence-electron chi connectivity index (χ1n) is 8.96. The Hall–Kier alpha value is -3.17. The van der Waals surface area contributed by atoms with Crippen LogP contribution in [0.5, 0.6) is 0 Å². The summed E-state index contributed by atoms with van der Waals surface area (Å²) in [5.74, 6) is 0. The van der Waals surface area contributed by atoms with Crippen LogP contribution in [0.1, 0.15) is 0 Å². The maximum absolute atomic E-state index is 11.7. The average molecular weight is 442 g/mol. The van der Waals surface area contributed by atoms with E-state index >= 15 is 0 Å². The van der Waals surface area contributed by atoms with E-state index in [1.54, 1.807) is 42.6 Å². The van der Waals surface area contributed by atoms with E-state index in [0.29, 0.717) is 5.69 Å². The molecule has 0 aliphatic carbocycles. The maximum atomic E-state index is 11.7. The first-order valence-corrected chi connectivity index (χ1v) is 12.7. The Bertz CT molecular complexity index is 1440. The van der Waals surface area contributed by atoms with Crippen LogP contribution in [0.25, 0.3) is 27.9 Å². The molecule has 2 heterocycles. The van der Waals surface area contributed by atoms with Crippen LogP contribution in [0.15, 0.2) is 78.1 Å². The monoisotopic (exact) mass is 441 g/mol. The number of hydrogen-bond donors (Lipinski definition) is 1. The number of fused-ring (bicyclic) bond motifs is 1. The summed E-state index contributed by atoms with van der Waals surface area (Å²) in [7, 11) is -6.58. The summed E-state index contributed by atoms with van der Waals surface area (Å²) >= 11 is 0. The van der Waals surface area contributed by atoms with Crippen molar-refractivity contribution < 1.29 is 16.8 Å². The molecule has 2 aromatic heterocycles. The molecule has 0 unspecified atom stereocenters. The number of hydrogen-bond acceptors (Lipinski definition) is 5. The normalized spacial score (nSPS) is 12.2. The van der Waals surface area contributed by atoms with Gasteiger partial charge in [-0.3, -0.25) is 9.71 Å². The first kappa shape index (κ1) is 20.1. The number of sulfonamides is 1. The summed E-state index contributed by atoms with van der Waals surface area (Å²) in [6.07, 6.45) is 7.78. The molecule has 2 aromatic carbocycles. The van der Waals surface area contributed by atoms with Crippen LogP contribution in [0.2, 0.25) is 0 Å². The van der Waals surface area contributed by atoms with E-state index in [0.717, 1.165) is 34.2 Å². The number of nitrogens with one attached hydrogen (secondary N) is 1. The zero-order chi connectivity index (χ0) is 21.5. The molecule has 0 atom stereocenters. The van der Waals surface area contributed by atoms with Gasteiger partial charge in [0.15, 0.2) is 9.84 Å². The molecule has 0 spiro atoms. The molecule has 0 radical (unpaired) electrons. The Balaban J connectivity index is 1.72. The minimum atomic E-state index is -3.34. The summed E-state index contributed by atoms with van der Waals surface area (Å²) in [5, 5.41) is 0. The average Bonchev–Trinajstić information content (AvgIpc) is 3.11. The van der Waals surface area contributed by atoms with Gasteiger partial charge in [-0.25, -0.2) is 16.8 Å². The van der Waals surface area contributed by atoms with Gasteiger partial charge >= 0.3 is 0 Å². The van der Waals surface area contributed by atoms with Crippen LogP contribution in [0, 0.1) is 0 Å². The Morgan fingerprint density at radius 3 is 2.07 bits per heavy atom. The van der Waals surface area contributed by atoms with Gasteiger partial charge in [-0.15, -0.1) is 0 Å². The lowest BCUT2D eigenvalue weighted by atomic mass is 10.1. The van der Waals surface area contributed by atoms with Gasteiger partial charge in [-0.05, 0) is 35.9 Å². The summed E-state index contributed by atoms with van der Waals surface area (Å²) in [6.45, 7) is 0. The fourth-order valence-electron chi connectivity index (χ4n) is 3.22. The van der Waals surface area contributed by atoms with Crippen LogP contribution in [-0.2, 0) is 19.9 Å². The van der Waals surface area contributed by atoms with Crippen molar-refractivity contribution in [1.29, 1.82) is 0 Å². The second-order valence-corrected chi connectivity index (χ2v) is 10.8. The molecule has 4 aromatic rings. The predicted octanol–water partition coefficient (Wildman–Crippen LogP) is 3.44. The molecule has 0 aliphatic rings. The zero-order valence-corrected chi connectivity index (χ0v) is 17.9. The minimum absolute atomic E-state index is 0.278. The molecule has 0 aliphatic heterocycles. The summed E-state index contributed by atoms with van der Waals surface area (Å²) < 4.78 is 50.5. The first-order chi connectivity index (χ1) is 14.1. The van der Waals surface area contributed by atoms with Gasteiger partial charge in [0.05, 0.1) is 22.4 Å². The number of nitrogens with zero attached hydrogens (tertiary/aromatic N) is 2. The van der Waals surface area contributed by atoms with Crippen LogP contribution >= 0.6 is 0 Å². The van der Waals surface area contributed by atoms with Gasteiger partial charge in [-0.2, -0.15) is 0 Å². The fraction of sp³-hybridized carbons (Fsp3) is 0.0952. The Labute approximate surface area is 175 Å². The molecule has 0 fully saturated rings. The van der Waals surface area contributed by atoms with E-state index in [-0.39, 0.29) is 4.90 Å². The smallest absolute Gasteiger partial charge is 0.229 e. The number of sulfone groups is 1. The van der Waals surface area contributed by atoms with Crippen molar-refractivity contribution in [1.82, 2.24) is 9.38 Å². The van der Waals surface area contributed by atoms with E-state index in [9.17, 15) is 16.8 Å². The van der Waals surface area contributed by atoms with Crippen molar-refractivity contribution in [3.63, 3.8) is 0 Å². The maximum Gasteiger partial charge on any atom is 0.229 e. The molecule has 1 N–H and O–H groups in total. The van der Waals surface area contributed by atoms with Crippen LogP contribution in [-0.4, -0.2) is 38.7 Å². The Morgan fingerprint density at radius 2 is 1.47 bits per heavy atom. The van der Waals surface area contributed by atoms with Crippen molar-refractivity contribution in [2.24, 2.45) is 0 Å². The third-order valence-electron chi connectivity index (χ3n) is 4.60. The molecule has 0 amide bonds. The van der Waals surface area contributed by atoms with E-state index < -0.39 is 19.9 Å². The van der Waals surface area contributed by atoms with E-state index in [4.69, 9.17) is 0 Å². The summed E-state index contributed by atoms with van der Waals surface area (Å²) in [6, 6.07) is 15.7. The van der Waals surface area contributed by atoms with Crippen LogP contribution in [0.3, 0.4) is 0 Å². The lowest BCUT2D eigenvalue weighted by Crippen LogP contribution is -2.09. The van der Waals surface area contributed by atoms with Crippen molar-refractivity contribution >= 4 is 31.1 Å². The number of aromatic nitrogens is 2. The van der Waals surface area contributed by atoms with Gasteiger partial charge in [0, 0.05) is 41.7 Å². The lowest BCUT2D eigenvalue weighted by molar-refractivity contribution is 0.601. The van der Waals surface area contributed by atoms with Gasteiger partial charge in [0.25, 0.3) is 0 Å². The number of benzene rings is 2. The number of rotatable bonds is 5. The highest BCUT2D eigenvalue weighted by molar-refractivity contribution is 7.92. The fourth-order valence-corrected chi connectivity index (χ4v) is 4.42. The molecule has 154 valence electrons. The largest absolute Gasteiger partial charge is 0.320 e. The molecule has 0 bridgehead atoms. The third-order valence-corrected chi connectivity index (χ3v) is 6.33. The molecule has 0 saturated heterocycles. The quantitative estimate of drug-likeness (QED) is 0.512. The highest BCUT2D eigenvalue weighted by Crippen LogP contribution is 2.29. The van der Waals surface area contributed by atoms with Crippen LogP contribution < -0.4 is 4.72 Å². The van der Waals surface area contributed by atoms with Crippen molar-refractivity contribution in [2.45, 2.75) is 4.90 Å². The number of anilines is 1. The molecule has 4 rings (SSSR count). The van der Waals surface area contributed by atoms with E-state index in [2.05, 4.69) is 9.71 Å². The van der Waals surface area contributed by atoms with Gasteiger partial charge < -0.3 is 4.40 Å². The lowest BCUT2D eigenvalue weighted by Gasteiger charge is -2.06. The van der Waals surface area contributed by atoms with Gasteiger partial charge in [-0.1, -0.05) is 24.3 Å². The third kappa shape index (κ3) is 4.22. The molecular weight excluding hydrogens is 422 g/mol. The Kier molecular flexibility index (Phi) is 4.87. The standard InChI is InChI=1S/C21H19N3O4S2/c1-29(25,26)19-9-5-15(6-10-19)17-13-20-21(22-11-12-24(20)14-17)16-3-7-18(8-4-16)23-30(2,27)28/h3-14,23H,1-2H3. The van der Waals surface area contributed by atoms with E-state index in [1.165, 1.54) is 6.26 Å². The van der Waals surface area contributed by atoms with Gasteiger partial charge in [0.1, 0.15) is 0 Å². The summed E-state index contributed by atoms with van der Waals surface area (Å²) in [5.41, 5.74) is 4.78. The summed E-state index contributed by atoms with van der Waals surface area (Å²) in [4.78, 5) is 4.77. The highest BCUT2D eigenvalue weighted by atomic mass is 32.2. The second kappa shape index (κ2) is 7.26. The Morgan fingerprint density at radius 1 is 0.833 bits per heavy atom. The predicted molar refractivity (Wildman–Crippen MR) is 118 cm³/mol. The SMILES string of the molecule is CS(=O)(=O)Nc1ccc(-c2nccn3cc(-c4ccc(S(C)(=O)=O)cc4)cc23)cc1. The topological polar surface area (TPSA) is 97.6 Å². The van der Waals surface area contributed by atoms with E-state index in [1.807, 2.05) is 35.0 Å². The molecule has 30 heavy (non-hydrogen) atoms. The molecular formula is C21H19N3O4S2. The second-order valence-electron chi connectivity index (χ2n) is 7.05. The minimum Gasteiger partial charge on any atom is -0.320 e. The zero-order valence-electron chi connectivity index (χ0n) is 16.3. The molecule has 7 nitrogen and oxygen atoms in total. The molecule has 9 heteroatoms. The van der Waals surface area contributed by atoms with Gasteiger partial charge in [0.2, 0.25) is 10.0 Å². The highest BCUT2D eigenvalue weighted by Gasteiger charge is 2.11. The molecule has 0 saturated carbocycles. The van der Waals surface area contributed by atoms with Crippen molar-refractivity contribution in [2.75, 3.05) is 17.2 Å². The van der Waals surface area contributed by atoms with Crippen LogP contribution in [0.4, 0.5) is 5.69 Å². The van der Waals surface area contributed by atoms with Crippen molar-refractivity contribution in [3.05, 3.63) is 73.2 Å². The van der Waals surface area contributed by atoms with Crippen molar-refractivity contribution in [3.8, 4) is 22.4 Å².